The first-order chi connectivity index (χ1) is 11.1. The number of hydrogen-bond donors (Lipinski definition) is 3. The van der Waals surface area contributed by atoms with Gasteiger partial charge < -0.3 is 21.1 Å². The molecular weight excluding hydrogens is 294 g/mol. The van der Waals surface area contributed by atoms with Gasteiger partial charge in [-0.15, -0.1) is 0 Å². The van der Waals surface area contributed by atoms with Gasteiger partial charge in [-0.05, 0) is 50.7 Å². The number of nitrogens with one attached hydrogen (secondary N) is 2. The molecule has 3 amide bonds. The minimum atomic E-state index is -0.534. The van der Waals surface area contributed by atoms with Crippen molar-refractivity contribution >= 4 is 17.6 Å². The Labute approximate surface area is 136 Å². The average Bonchev–Trinajstić information content (AvgIpc) is 3.00. The first-order valence-corrected chi connectivity index (χ1v) is 8.23. The molecule has 23 heavy (non-hydrogen) atoms. The third-order valence-corrected chi connectivity index (χ3v) is 3.85. The Hall–Kier alpha value is -2.24. The molecule has 1 fully saturated rings. The van der Waals surface area contributed by atoms with Gasteiger partial charge in [0.25, 0.3) is 0 Å². The fourth-order valence-electron chi connectivity index (χ4n) is 2.69. The number of benzene rings is 1. The highest BCUT2D eigenvalue weighted by molar-refractivity contribution is 5.90. The van der Waals surface area contributed by atoms with Gasteiger partial charge in [0.1, 0.15) is 5.75 Å². The van der Waals surface area contributed by atoms with Crippen molar-refractivity contribution < 1.29 is 14.3 Å². The fourth-order valence-corrected chi connectivity index (χ4v) is 2.69. The minimum absolute atomic E-state index is 0.0397. The van der Waals surface area contributed by atoms with E-state index in [9.17, 15) is 9.59 Å². The van der Waals surface area contributed by atoms with Crippen LogP contribution in [-0.2, 0) is 4.79 Å². The summed E-state index contributed by atoms with van der Waals surface area (Å²) in [5.74, 6) is 0.766. The number of rotatable bonds is 8. The summed E-state index contributed by atoms with van der Waals surface area (Å²) < 4.78 is 5.93. The Morgan fingerprint density at radius 1 is 1.22 bits per heavy atom. The van der Waals surface area contributed by atoms with Crippen LogP contribution in [0, 0.1) is 0 Å². The molecule has 6 nitrogen and oxygen atoms in total. The smallest absolute Gasteiger partial charge is 0.312 e. The maximum absolute atomic E-state index is 11.9. The highest BCUT2D eigenvalue weighted by Crippen LogP contribution is 2.25. The van der Waals surface area contributed by atoms with Gasteiger partial charge >= 0.3 is 6.03 Å². The topological polar surface area (TPSA) is 93.5 Å². The Morgan fingerprint density at radius 2 is 2.00 bits per heavy atom. The molecule has 0 unspecified atom stereocenters. The number of carbonyl (C=O) groups excluding carboxylic acids is 2. The van der Waals surface area contributed by atoms with Crippen LogP contribution in [0.15, 0.2) is 24.3 Å². The van der Waals surface area contributed by atoms with Gasteiger partial charge in [0.15, 0.2) is 0 Å². The van der Waals surface area contributed by atoms with E-state index in [4.69, 9.17) is 10.5 Å². The minimum Gasteiger partial charge on any atom is -0.490 e. The molecule has 1 saturated carbocycles. The van der Waals surface area contributed by atoms with Crippen LogP contribution in [0.5, 0.6) is 5.75 Å². The number of urea groups is 1. The van der Waals surface area contributed by atoms with Crippen molar-refractivity contribution in [1.82, 2.24) is 5.32 Å². The molecule has 0 atom stereocenters. The highest BCUT2D eigenvalue weighted by Gasteiger charge is 2.16. The van der Waals surface area contributed by atoms with Crippen molar-refractivity contribution in [2.24, 2.45) is 5.73 Å². The molecule has 0 heterocycles. The van der Waals surface area contributed by atoms with Gasteiger partial charge in [-0.2, -0.15) is 0 Å². The third kappa shape index (κ3) is 6.59. The predicted octanol–water partition coefficient (Wildman–Crippen LogP) is 2.79. The van der Waals surface area contributed by atoms with Gasteiger partial charge in [0, 0.05) is 24.7 Å². The van der Waals surface area contributed by atoms with Gasteiger partial charge in [-0.3, -0.25) is 4.79 Å². The lowest BCUT2D eigenvalue weighted by molar-refractivity contribution is -0.116. The van der Waals surface area contributed by atoms with E-state index < -0.39 is 6.03 Å². The first kappa shape index (κ1) is 17.1. The van der Waals surface area contributed by atoms with Gasteiger partial charge in [0.05, 0.1) is 6.10 Å². The molecule has 0 aliphatic heterocycles. The molecule has 0 saturated heterocycles. The molecule has 6 heteroatoms. The number of amides is 3. The summed E-state index contributed by atoms with van der Waals surface area (Å²) in [5, 5.41) is 5.38. The quantitative estimate of drug-likeness (QED) is 0.643. The van der Waals surface area contributed by atoms with Gasteiger partial charge in [-0.25, -0.2) is 4.79 Å². The molecule has 0 spiro atoms. The molecule has 0 bridgehead atoms. The normalized spacial score (nSPS) is 14.4. The lowest BCUT2D eigenvalue weighted by atomic mass is 10.2. The van der Waals surface area contributed by atoms with Gasteiger partial charge in [-0.1, -0.05) is 6.07 Å². The largest absolute Gasteiger partial charge is 0.490 e. The van der Waals surface area contributed by atoms with E-state index in [0.29, 0.717) is 25.5 Å². The van der Waals surface area contributed by atoms with E-state index in [1.165, 1.54) is 12.8 Å². The zero-order chi connectivity index (χ0) is 16.5. The zero-order valence-corrected chi connectivity index (χ0v) is 13.3. The molecule has 2 rings (SSSR count). The molecular formula is C17H25N3O3. The number of carbonyl (C=O) groups is 2. The second-order valence-corrected chi connectivity index (χ2v) is 5.85. The molecule has 1 aromatic carbocycles. The lowest BCUT2D eigenvalue weighted by Gasteiger charge is -2.14. The summed E-state index contributed by atoms with van der Waals surface area (Å²) in [4.78, 5) is 22.4. The van der Waals surface area contributed by atoms with Crippen molar-refractivity contribution in [1.29, 1.82) is 0 Å². The van der Waals surface area contributed by atoms with Crippen LogP contribution in [0.25, 0.3) is 0 Å². The van der Waals surface area contributed by atoms with Crippen molar-refractivity contribution in [2.75, 3.05) is 11.9 Å². The third-order valence-electron chi connectivity index (χ3n) is 3.85. The Morgan fingerprint density at radius 3 is 2.74 bits per heavy atom. The Kier molecular flexibility index (Phi) is 6.72. The monoisotopic (exact) mass is 319 g/mol. The molecule has 1 aliphatic carbocycles. The van der Waals surface area contributed by atoms with E-state index in [1.54, 1.807) is 0 Å². The SMILES string of the molecule is NC(=O)NCCCCC(=O)Nc1cccc(OC2CCCC2)c1. The molecule has 1 aromatic rings. The van der Waals surface area contributed by atoms with E-state index in [1.807, 2.05) is 24.3 Å². The molecule has 0 aromatic heterocycles. The number of ether oxygens (including phenoxy) is 1. The number of primary amides is 1. The van der Waals surface area contributed by atoms with Crippen molar-refractivity contribution in [2.45, 2.75) is 51.0 Å². The summed E-state index contributed by atoms with van der Waals surface area (Å²) >= 11 is 0. The van der Waals surface area contributed by atoms with Crippen LogP contribution in [0.1, 0.15) is 44.9 Å². The summed E-state index contributed by atoms with van der Waals surface area (Å²) in [6.45, 7) is 0.493. The summed E-state index contributed by atoms with van der Waals surface area (Å²) in [7, 11) is 0. The van der Waals surface area contributed by atoms with Crippen LogP contribution in [0.4, 0.5) is 10.5 Å². The number of unbranched alkanes of at least 4 members (excludes halogenated alkanes) is 1. The molecule has 4 N–H and O–H groups in total. The van der Waals surface area contributed by atoms with Crippen LogP contribution < -0.4 is 21.1 Å². The van der Waals surface area contributed by atoms with E-state index in [0.717, 1.165) is 30.7 Å². The Balaban J connectivity index is 1.71. The number of hydrogen-bond acceptors (Lipinski definition) is 3. The Bertz CT molecular complexity index is 528. The zero-order valence-electron chi connectivity index (χ0n) is 13.3. The molecule has 0 radical (unpaired) electrons. The van der Waals surface area contributed by atoms with Crippen molar-refractivity contribution in [3.8, 4) is 5.75 Å². The molecule has 1 aliphatic rings. The second-order valence-electron chi connectivity index (χ2n) is 5.85. The van der Waals surface area contributed by atoms with Gasteiger partial charge in [0.2, 0.25) is 5.91 Å². The van der Waals surface area contributed by atoms with Crippen molar-refractivity contribution in [3.63, 3.8) is 0 Å². The summed E-state index contributed by atoms with van der Waals surface area (Å²) in [6, 6.07) is 6.99. The van der Waals surface area contributed by atoms with E-state index >= 15 is 0 Å². The van der Waals surface area contributed by atoms with Crippen LogP contribution in [0.3, 0.4) is 0 Å². The molecule has 126 valence electrons. The summed E-state index contributed by atoms with van der Waals surface area (Å²) in [6.07, 6.45) is 6.81. The van der Waals surface area contributed by atoms with Crippen LogP contribution in [-0.4, -0.2) is 24.6 Å². The fraction of sp³-hybridized carbons (Fsp3) is 0.529. The van der Waals surface area contributed by atoms with Crippen LogP contribution in [0.2, 0.25) is 0 Å². The first-order valence-electron chi connectivity index (χ1n) is 8.23. The van der Waals surface area contributed by atoms with Crippen LogP contribution >= 0.6 is 0 Å². The maximum Gasteiger partial charge on any atom is 0.312 e. The average molecular weight is 319 g/mol. The lowest BCUT2D eigenvalue weighted by Crippen LogP contribution is -2.30. The standard InChI is InChI=1S/C17H25N3O3/c18-17(22)19-11-4-3-10-16(21)20-13-6-5-9-15(12-13)23-14-7-1-2-8-14/h5-6,9,12,14H,1-4,7-8,10-11H2,(H,20,21)(H3,18,19,22). The number of anilines is 1. The predicted molar refractivity (Wildman–Crippen MR) is 89.4 cm³/mol. The van der Waals surface area contributed by atoms with E-state index in [2.05, 4.69) is 10.6 Å². The van der Waals surface area contributed by atoms with Crippen molar-refractivity contribution in [3.05, 3.63) is 24.3 Å². The highest BCUT2D eigenvalue weighted by atomic mass is 16.5. The second kappa shape index (κ2) is 9.02. The summed E-state index contributed by atoms with van der Waals surface area (Å²) in [5.41, 5.74) is 5.72. The van der Waals surface area contributed by atoms with E-state index in [-0.39, 0.29) is 5.91 Å². The maximum atomic E-state index is 11.9. The number of nitrogens with two attached hydrogens (primary N) is 1.